The van der Waals surface area contributed by atoms with Gasteiger partial charge in [0.25, 0.3) is 17.4 Å². The number of carbonyl (C=O) groups is 2. The number of thiophene rings is 1. The fourth-order valence-electron chi connectivity index (χ4n) is 5.28. The molecule has 1 fully saturated rings. The van der Waals surface area contributed by atoms with E-state index in [9.17, 15) is 14.4 Å². The standard InChI is InChI=1S/C31H31N5O4S/c1-18-22(10-5-11-23(18)36-30(38)27-15-19-7-2-3-13-26(19)41-27)24-17-32-31(39)28(35-24)33-20-8-4-9-21(16-20)34-29(37)25-12-6-14-40-25/h4-5,8-11,15-17,25H,2-3,6-7,12-14H2,1H3,(H,32,39)(H,33,35)(H,34,37)(H,36,38). The van der Waals surface area contributed by atoms with Crippen LogP contribution in [0.2, 0.25) is 0 Å². The number of aromatic amines is 1. The molecule has 0 spiro atoms. The van der Waals surface area contributed by atoms with E-state index in [1.54, 1.807) is 41.8 Å². The molecule has 1 aliphatic carbocycles. The second-order valence-electron chi connectivity index (χ2n) is 10.4. The molecule has 0 bridgehead atoms. The number of aromatic nitrogens is 2. The van der Waals surface area contributed by atoms with Crippen molar-refractivity contribution in [1.82, 2.24) is 9.97 Å². The maximum atomic E-state index is 13.1. The van der Waals surface area contributed by atoms with E-state index in [1.165, 1.54) is 23.3 Å². The van der Waals surface area contributed by atoms with Crippen molar-refractivity contribution in [3.8, 4) is 11.3 Å². The lowest BCUT2D eigenvalue weighted by Crippen LogP contribution is -2.26. The van der Waals surface area contributed by atoms with Crippen LogP contribution in [0, 0.1) is 6.92 Å². The zero-order chi connectivity index (χ0) is 28.3. The number of fused-ring (bicyclic) bond motifs is 1. The number of hydrogen-bond donors (Lipinski definition) is 4. The van der Waals surface area contributed by atoms with Gasteiger partial charge in [-0.15, -0.1) is 11.3 Å². The summed E-state index contributed by atoms with van der Waals surface area (Å²) in [6.45, 7) is 2.51. The minimum Gasteiger partial charge on any atom is -0.368 e. The summed E-state index contributed by atoms with van der Waals surface area (Å²) < 4.78 is 5.46. The topological polar surface area (TPSA) is 125 Å². The second-order valence-corrected chi connectivity index (χ2v) is 11.5. The van der Waals surface area contributed by atoms with Crippen molar-refractivity contribution in [2.45, 2.75) is 51.6 Å². The molecule has 2 aromatic carbocycles. The quantitative estimate of drug-likeness (QED) is 0.223. The number of benzene rings is 2. The predicted octanol–water partition coefficient (Wildman–Crippen LogP) is 5.80. The molecule has 4 aromatic rings. The Morgan fingerprint density at radius 2 is 1.85 bits per heavy atom. The first kappa shape index (κ1) is 26.9. The average molecular weight is 570 g/mol. The van der Waals surface area contributed by atoms with Gasteiger partial charge in [-0.3, -0.25) is 14.4 Å². The summed E-state index contributed by atoms with van der Waals surface area (Å²) in [5.41, 5.74) is 4.97. The van der Waals surface area contributed by atoms with Crippen molar-refractivity contribution in [2.24, 2.45) is 0 Å². The first-order valence-electron chi connectivity index (χ1n) is 13.9. The fourth-order valence-corrected chi connectivity index (χ4v) is 6.43. The molecule has 10 heteroatoms. The summed E-state index contributed by atoms with van der Waals surface area (Å²) in [5.74, 6) is -0.185. The Balaban J connectivity index is 1.20. The van der Waals surface area contributed by atoms with E-state index in [2.05, 4.69) is 25.9 Å². The van der Waals surface area contributed by atoms with Gasteiger partial charge in [-0.25, -0.2) is 4.98 Å². The van der Waals surface area contributed by atoms with Crippen molar-refractivity contribution < 1.29 is 14.3 Å². The van der Waals surface area contributed by atoms with Crippen LogP contribution in [0.3, 0.4) is 0 Å². The van der Waals surface area contributed by atoms with Crippen molar-refractivity contribution in [1.29, 1.82) is 0 Å². The van der Waals surface area contributed by atoms with E-state index in [0.717, 1.165) is 35.3 Å². The lowest BCUT2D eigenvalue weighted by molar-refractivity contribution is -0.124. The van der Waals surface area contributed by atoms with Crippen LogP contribution in [-0.2, 0) is 22.4 Å². The van der Waals surface area contributed by atoms with E-state index >= 15 is 0 Å². The Kier molecular flexibility index (Phi) is 7.67. The monoisotopic (exact) mass is 569 g/mol. The zero-order valence-corrected chi connectivity index (χ0v) is 23.5. The first-order chi connectivity index (χ1) is 19.9. The van der Waals surface area contributed by atoms with E-state index in [-0.39, 0.29) is 23.2 Å². The highest BCUT2D eigenvalue weighted by Gasteiger charge is 2.23. The third-order valence-corrected chi connectivity index (χ3v) is 8.72. The maximum Gasteiger partial charge on any atom is 0.291 e. The third-order valence-electron chi connectivity index (χ3n) is 7.48. The molecule has 41 heavy (non-hydrogen) atoms. The van der Waals surface area contributed by atoms with Gasteiger partial charge in [-0.05, 0) is 86.9 Å². The largest absolute Gasteiger partial charge is 0.368 e. The number of nitrogens with zero attached hydrogens (tertiary/aromatic N) is 1. The molecule has 1 atom stereocenters. The average Bonchev–Trinajstić information content (AvgIpc) is 3.67. The van der Waals surface area contributed by atoms with Crippen LogP contribution < -0.4 is 21.5 Å². The molecule has 1 aliphatic heterocycles. The summed E-state index contributed by atoms with van der Waals surface area (Å²) in [6, 6.07) is 14.7. The molecule has 4 N–H and O–H groups in total. The van der Waals surface area contributed by atoms with E-state index in [4.69, 9.17) is 4.74 Å². The van der Waals surface area contributed by atoms with Crippen molar-refractivity contribution in [2.75, 3.05) is 22.6 Å². The molecular weight excluding hydrogens is 538 g/mol. The van der Waals surface area contributed by atoms with Gasteiger partial charge < -0.3 is 25.7 Å². The number of nitrogens with one attached hydrogen (secondary N) is 4. The SMILES string of the molecule is Cc1c(NC(=O)c2cc3c(s2)CCCC3)cccc1-c1c[nH]c(=O)c(Nc2cccc(NC(=O)C3CCCO3)c2)n1. The Labute approximate surface area is 241 Å². The number of hydrogen-bond acceptors (Lipinski definition) is 7. The van der Waals surface area contributed by atoms with Gasteiger partial charge >= 0.3 is 0 Å². The Morgan fingerprint density at radius 3 is 2.68 bits per heavy atom. The number of carbonyl (C=O) groups excluding carboxylic acids is 2. The Bertz CT molecular complexity index is 1650. The van der Waals surface area contributed by atoms with Gasteiger partial charge in [0, 0.05) is 40.3 Å². The normalized spacial score (nSPS) is 16.2. The minimum absolute atomic E-state index is 0.114. The van der Waals surface area contributed by atoms with E-state index < -0.39 is 6.10 Å². The fraction of sp³-hybridized carbons (Fsp3) is 0.290. The number of rotatable bonds is 7. The second kappa shape index (κ2) is 11.7. The molecule has 210 valence electrons. The van der Waals surface area contributed by atoms with Crippen LogP contribution in [0.1, 0.15) is 51.4 Å². The third kappa shape index (κ3) is 5.94. The molecule has 1 saturated heterocycles. The van der Waals surface area contributed by atoms with E-state index in [0.29, 0.717) is 35.8 Å². The molecule has 3 heterocycles. The minimum atomic E-state index is -0.438. The lowest BCUT2D eigenvalue weighted by atomic mass is 9.99. The Morgan fingerprint density at radius 1 is 1.02 bits per heavy atom. The molecule has 0 saturated carbocycles. The van der Waals surface area contributed by atoms with E-state index in [1.807, 2.05) is 31.2 Å². The van der Waals surface area contributed by atoms with Crippen LogP contribution in [-0.4, -0.2) is 34.5 Å². The van der Waals surface area contributed by atoms with Crippen molar-refractivity contribution in [3.63, 3.8) is 0 Å². The van der Waals surface area contributed by atoms with Gasteiger partial charge in [0.2, 0.25) is 0 Å². The van der Waals surface area contributed by atoms with Gasteiger partial charge in [0.15, 0.2) is 5.82 Å². The molecule has 2 aliphatic rings. The summed E-state index contributed by atoms with van der Waals surface area (Å²) in [7, 11) is 0. The number of anilines is 4. The highest BCUT2D eigenvalue weighted by molar-refractivity contribution is 7.14. The molecule has 6 rings (SSSR count). The molecule has 2 amide bonds. The first-order valence-corrected chi connectivity index (χ1v) is 14.7. The molecule has 2 aromatic heterocycles. The summed E-state index contributed by atoms with van der Waals surface area (Å²) in [4.78, 5) is 47.6. The number of H-pyrrole nitrogens is 1. The number of ether oxygens (including phenoxy) is 1. The van der Waals surface area contributed by atoms with Crippen LogP contribution in [0.15, 0.2) is 59.5 Å². The van der Waals surface area contributed by atoms with Gasteiger partial charge in [-0.1, -0.05) is 18.2 Å². The van der Waals surface area contributed by atoms with Crippen LogP contribution >= 0.6 is 11.3 Å². The number of amides is 2. The Hall–Kier alpha value is -4.28. The molecule has 1 unspecified atom stereocenters. The molecule has 0 radical (unpaired) electrons. The number of aryl methyl sites for hydroxylation is 2. The van der Waals surface area contributed by atoms with Gasteiger partial charge in [0.05, 0.1) is 10.6 Å². The smallest absolute Gasteiger partial charge is 0.291 e. The van der Waals surface area contributed by atoms with Crippen molar-refractivity contribution >= 4 is 46.0 Å². The summed E-state index contributed by atoms with van der Waals surface area (Å²) >= 11 is 1.58. The van der Waals surface area contributed by atoms with Gasteiger partial charge in [-0.2, -0.15) is 0 Å². The lowest BCUT2D eigenvalue weighted by Gasteiger charge is -2.14. The highest BCUT2D eigenvalue weighted by Crippen LogP contribution is 2.32. The van der Waals surface area contributed by atoms with Gasteiger partial charge in [0.1, 0.15) is 6.10 Å². The summed E-state index contributed by atoms with van der Waals surface area (Å²) in [6.07, 6.45) is 7.13. The van der Waals surface area contributed by atoms with Crippen LogP contribution in [0.25, 0.3) is 11.3 Å². The molecule has 9 nitrogen and oxygen atoms in total. The highest BCUT2D eigenvalue weighted by atomic mass is 32.1. The van der Waals surface area contributed by atoms with Crippen molar-refractivity contribution in [3.05, 3.63) is 86.0 Å². The summed E-state index contributed by atoms with van der Waals surface area (Å²) in [5, 5.41) is 9.01. The van der Waals surface area contributed by atoms with Crippen LogP contribution in [0.4, 0.5) is 22.9 Å². The molecular formula is C31H31N5O4S. The maximum absolute atomic E-state index is 13.1. The zero-order valence-electron chi connectivity index (χ0n) is 22.7. The predicted molar refractivity (Wildman–Crippen MR) is 161 cm³/mol. The van der Waals surface area contributed by atoms with Crippen LogP contribution in [0.5, 0.6) is 0 Å².